The molecule has 0 radical (unpaired) electrons. The van der Waals surface area contributed by atoms with Crippen LogP contribution < -0.4 is 9.47 Å². The van der Waals surface area contributed by atoms with Crippen molar-refractivity contribution >= 4 is 39.0 Å². The van der Waals surface area contributed by atoms with Gasteiger partial charge in [0.1, 0.15) is 23.1 Å². The van der Waals surface area contributed by atoms with Crippen LogP contribution in [0.4, 0.5) is 0 Å². The molecule has 1 heterocycles. The predicted octanol–water partition coefficient (Wildman–Crippen LogP) is 5.11. The van der Waals surface area contributed by atoms with Crippen molar-refractivity contribution in [3.05, 3.63) is 82.5 Å². The van der Waals surface area contributed by atoms with Crippen molar-refractivity contribution in [3.8, 4) is 17.4 Å². The SMILES string of the molecule is CC(Oc1ccc(Oc2ncc(Cl)cc2Cl)cc1)C(=O)OCCS(=O)(=O)Cc1ccccc1. The topological polar surface area (TPSA) is 91.8 Å². The first-order valence-corrected chi connectivity index (χ1v) is 12.5. The minimum absolute atomic E-state index is 0.109. The summed E-state index contributed by atoms with van der Waals surface area (Å²) in [4.78, 5) is 16.2. The molecule has 0 fully saturated rings. The van der Waals surface area contributed by atoms with Crippen LogP contribution in [-0.2, 0) is 25.1 Å². The van der Waals surface area contributed by atoms with E-state index in [1.54, 1.807) is 48.5 Å². The Labute approximate surface area is 202 Å². The smallest absolute Gasteiger partial charge is 0.347 e. The monoisotopic (exact) mass is 509 g/mol. The summed E-state index contributed by atoms with van der Waals surface area (Å²) in [5, 5.41) is 0.663. The van der Waals surface area contributed by atoms with Crippen LogP contribution in [0.1, 0.15) is 12.5 Å². The predicted molar refractivity (Wildman–Crippen MR) is 126 cm³/mol. The number of halogens is 2. The Balaban J connectivity index is 1.46. The van der Waals surface area contributed by atoms with Gasteiger partial charge >= 0.3 is 5.97 Å². The van der Waals surface area contributed by atoms with Crippen LogP contribution >= 0.6 is 23.2 Å². The molecule has 3 rings (SSSR count). The average molecular weight is 510 g/mol. The Morgan fingerprint density at radius 1 is 1.03 bits per heavy atom. The number of nitrogens with zero attached hydrogens (tertiary/aromatic N) is 1. The van der Waals surface area contributed by atoms with Gasteiger partial charge in [0.2, 0.25) is 5.88 Å². The molecule has 0 aliphatic rings. The van der Waals surface area contributed by atoms with Crippen molar-refractivity contribution in [1.82, 2.24) is 4.98 Å². The van der Waals surface area contributed by atoms with Crippen molar-refractivity contribution in [2.45, 2.75) is 18.8 Å². The highest BCUT2D eigenvalue weighted by Crippen LogP contribution is 2.30. The number of rotatable bonds is 10. The van der Waals surface area contributed by atoms with Gasteiger partial charge in [-0.3, -0.25) is 0 Å². The Morgan fingerprint density at radius 3 is 2.36 bits per heavy atom. The fraction of sp³-hybridized carbons (Fsp3) is 0.217. The second-order valence-electron chi connectivity index (χ2n) is 7.02. The van der Waals surface area contributed by atoms with E-state index in [1.165, 1.54) is 19.2 Å². The van der Waals surface area contributed by atoms with Gasteiger partial charge in [-0.1, -0.05) is 53.5 Å². The highest BCUT2D eigenvalue weighted by Gasteiger charge is 2.19. The molecule has 0 spiro atoms. The van der Waals surface area contributed by atoms with Crippen molar-refractivity contribution in [3.63, 3.8) is 0 Å². The van der Waals surface area contributed by atoms with Crippen LogP contribution in [0.5, 0.6) is 17.4 Å². The number of benzene rings is 2. The van der Waals surface area contributed by atoms with E-state index < -0.39 is 21.9 Å². The van der Waals surface area contributed by atoms with Gasteiger partial charge in [-0.05, 0) is 42.8 Å². The molecule has 0 bridgehead atoms. The van der Waals surface area contributed by atoms with E-state index >= 15 is 0 Å². The third-order valence-electron chi connectivity index (χ3n) is 4.33. The Hall–Kier alpha value is -2.81. The Kier molecular flexibility index (Phi) is 8.55. The molecule has 0 N–H and O–H groups in total. The number of ether oxygens (including phenoxy) is 3. The van der Waals surface area contributed by atoms with Crippen LogP contribution in [0.3, 0.4) is 0 Å². The number of hydrogen-bond donors (Lipinski definition) is 0. The minimum atomic E-state index is -3.40. The van der Waals surface area contributed by atoms with E-state index in [1.807, 2.05) is 6.07 Å². The quantitative estimate of drug-likeness (QED) is 0.350. The Bertz CT molecular complexity index is 1190. The zero-order valence-corrected chi connectivity index (χ0v) is 19.9. The van der Waals surface area contributed by atoms with E-state index in [2.05, 4.69) is 4.98 Å². The fourth-order valence-electron chi connectivity index (χ4n) is 2.71. The zero-order valence-electron chi connectivity index (χ0n) is 17.6. The first kappa shape index (κ1) is 24.8. The summed E-state index contributed by atoms with van der Waals surface area (Å²) in [5.41, 5.74) is 0.682. The summed E-state index contributed by atoms with van der Waals surface area (Å²) in [5.74, 6) is 0.0175. The second kappa shape index (κ2) is 11.4. The van der Waals surface area contributed by atoms with E-state index in [0.717, 1.165) is 0 Å². The van der Waals surface area contributed by atoms with Crippen LogP contribution in [0.25, 0.3) is 0 Å². The molecule has 10 heteroatoms. The average Bonchev–Trinajstić information content (AvgIpc) is 2.77. The van der Waals surface area contributed by atoms with Gasteiger partial charge in [0.25, 0.3) is 0 Å². The molecule has 0 aliphatic carbocycles. The van der Waals surface area contributed by atoms with Gasteiger partial charge < -0.3 is 14.2 Å². The van der Waals surface area contributed by atoms with Gasteiger partial charge in [0.15, 0.2) is 15.9 Å². The highest BCUT2D eigenvalue weighted by atomic mass is 35.5. The Morgan fingerprint density at radius 2 is 1.70 bits per heavy atom. The van der Waals surface area contributed by atoms with E-state index in [0.29, 0.717) is 22.1 Å². The van der Waals surface area contributed by atoms with Gasteiger partial charge in [0, 0.05) is 6.20 Å². The molecule has 2 aromatic carbocycles. The third-order valence-corrected chi connectivity index (χ3v) is 6.36. The van der Waals surface area contributed by atoms with Crippen LogP contribution in [0.15, 0.2) is 66.9 Å². The number of hydrogen-bond acceptors (Lipinski definition) is 7. The van der Waals surface area contributed by atoms with Crippen molar-refractivity contribution < 1.29 is 27.4 Å². The fourth-order valence-corrected chi connectivity index (χ4v) is 4.31. The van der Waals surface area contributed by atoms with Crippen molar-refractivity contribution in [2.24, 2.45) is 0 Å². The van der Waals surface area contributed by atoms with E-state index in [4.69, 9.17) is 37.4 Å². The second-order valence-corrected chi connectivity index (χ2v) is 10.0. The molecule has 0 saturated carbocycles. The lowest BCUT2D eigenvalue weighted by atomic mass is 10.2. The first-order chi connectivity index (χ1) is 15.7. The van der Waals surface area contributed by atoms with Gasteiger partial charge in [-0.2, -0.15) is 0 Å². The molecule has 0 saturated heterocycles. The molecule has 1 atom stereocenters. The lowest BCUT2D eigenvalue weighted by molar-refractivity contribution is -0.150. The summed E-state index contributed by atoms with van der Waals surface area (Å²) in [7, 11) is -3.40. The van der Waals surface area contributed by atoms with Gasteiger partial charge in [-0.15, -0.1) is 0 Å². The standard InChI is InChI=1S/C23H21Cl2NO6S/c1-16(23(27)30-11-12-33(28,29)15-17-5-3-2-4-6-17)31-19-7-9-20(10-8-19)32-22-21(25)13-18(24)14-26-22/h2-10,13-14,16H,11-12,15H2,1H3. The summed E-state index contributed by atoms with van der Waals surface area (Å²) >= 11 is 11.9. The molecule has 174 valence electrons. The molecule has 7 nitrogen and oxygen atoms in total. The normalized spacial score (nSPS) is 12.1. The zero-order chi connectivity index (χ0) is 23.8. The largest absolute Gasteiger partial charge is 0.479 e. The van der Waals surface area contributed by atoms with Crippen LogP contribution in [-0.4, -0.2) is 37.8 Å². The van der Waals surface area contributed by atoms with Gasteiger partial charge in [0.05, 0.1) is 16.5 Å². The maximum absolute atomic E-state index is 12.2. The molecule has 0 amide bonds. The molecule has 1 unspecified atom stereocenters. The van der Waals surface area contributed by atoms with E-state index in [-0.39, 0.29) is 29.0 Å². The lowest BCUT2D eigenvalue weighted by Gasteiger charge is -2.14. The van der Waals surface area contributed by atoms with Crippen molar-refractivity contribution in [1.29, 1.82) is 0 Å². The number of sulfone groups is 1. The molecule has 1 aromatic heterocycles. The van der Waals surface area contributed by atoms with E-state index in [9.17, 15) is 13.2 Å². The highest BCUT2D eigenvalue weighted by molar-refractivity contribution is 7.90. The number of esters is 1. The van der Waals surface area contributed by atoms with Gasteiger partial charge in [-0.25, -0.2) is 18.2 Å². The summed E-state index contributed by atoms with van der Waals surface area (Å²) in [6.45, 7) is 1.27. The number of aromatic nitrogens is 1. The summed E-state index contributed by atoms with van der Waals surface area (Å²) in [6, 6.07) is 16.8. The summed E-state index contributed by atoms with van der Waals surface area (Å²) < 4.78 is 40.6. The third kappa shape index (κ3) is 7.92. The molecule has 0 aliphatic heterocycles. The molecular weight excluding hydrogens is 489 g/mol. The number of carbonyl (C=O) groups excluding carboxylic acids is 1. The number of carbonyl (C=O) groups is 1. The summed E-state index contributed by atoms with van der Waals surface area (Å²) in [6.07, 6.45) is 0.487. The molecule has 33 heavy (non-hydrogen) atoms. The van der Waals surface area contributed by atoms with Crippen LogP contribution in [0, 0.1) is 0 Å². The maximum atomic E-state index is 12.2. The first-order valence-electron chi connectivity index (χ1n) is 9.88. The lowest BCUT2D eigenvalue weighted by Crippen LogP contribution is -2.28. The maximum Gasteiger partial charge on any atom is 0.347 e. The van der Waals surface area contributed by atoms with Crippen LogP contribution in [0.2, 0.25) is 10.0 Å². The van der Waals surface area contributed by atoms with Crippen molar-refractivity contribution in [2.75, 3.05) is 12.4 Å². The molecule has 3 aromatic rings. The number of pyridine rings is 1. The minimum Gasteiger partial charge on any atom is -0.479 e. The molecular formula is C23H21Cl2NO6S.